The van der Waals surface area contributed by atoms with Crippen molar-refractivity contribution >= 4 is 17.0 Å². The number of nitrogens with zero attached hydrogens (tertiary/aromatic N) is 3. The predicted molar refractivity (Wildman–Crippen MR) is 83.0 cm³/mol. The highest BCUT2D eigenvalue weighted by atomic mass is 32.1. The number of benzene rings is 1. The first-order valence-electron chi connectivity index (χ1n) is 6.42. The fourth-order valence-electron chi connectivity index (χ4n) is 2.25. The lowest BCUT2D eigenvalue weighted by Crippen LogP contribution is -1.97. The maximum atomic E-state index is 10.8. The molecule has 0 N–H and O–H groups in total. The second-order valence-electron chi connectivity index (χ2n) is 4.77. The first-order valence-corrected chi connectivity index (χ1v) is 7.30. The minimum absolute atomic E-state index is 0.0791. The maximum Gasteiger partial charge on any atom is 0.270 e. The zero-order valence-electron chi connectivity index (χ0n) is 11.6. The van der Waals surface area contributed by atoms with Crippen LogP contribution in [-0.4, -0.2) is 14.5 Å². The lowest BCUT2D eigenvalue weighted by Gasteiger charge is -2.04. The summed E-state index contributed by atoms with van der Waals surface area (Å²) in [7, 11) is 0. The lowest BCUT2D eigenvalue weighted by atomic mass is 10.1. The number of aromatic nitrogens is 2. The average molecular weight is 299 g/mol. The molecule has 0 aliphatic rings. The summed E-state index contributed by atoms with van der Waals surface area (Å²) in [5.74, 6) is 0. The SMILES string of the molecule is Cc1ccc(C)n1-c1nc(-c2cccc([N+](=O)[O-])c2)cs1. The molecule has 2 heterocycles. The molecule has 0 spiro atoms. The van der Waals surface area contributed by atoms with Crippen molar-refractivity contribution in [2.45, 2.75) is 13.8 Å². The van der Waals surface area contributed by atoms with Crippen LogP contribution in [0.15, 0.2) is 41.8 Å². The molecule has 3 rings (SSSR count). The number of non-ortho nitro benzene ring substituents is 1. The summed E-state index contributed by atoms with van der Waals surface area (Å²) in [5.41, 5.74) is 3.83. The number of rotatable bonds is 3. The highest BCUT2D eigenvalue weighted by molar-refractivity contribution is 7.12. The van der Waals surface area contributed by atoms with Gasteiger partial charge in [-0.25, -0.2) is 4.98 Å². The van der Waals surface area contributed by atoms with Crippen LogP contribution in [0.4, 0.5) is 5.69 Å². The Labute approximate surface area is 125 Å². The Bertz CT molecular complexity index is 800. The average Bonchev–Trinajstić information content (AvgIpc) is 3.06. The normalized spacial score (nSPS) is 10.8. The Kier molecular flexibility index (Phi) is 3.31. The second-order valence-corrected chi connectivity index (χ2v) is 5.61. The van der Waals surface area contributed by atoms with Gasteiger partial charge in [-0.2, -0.15) is 0 Å². The van der Waals surface area contributed by atoms with Gasteiger partial charge in [-0.1, -0.05) is 12.1 Å². The molecule has 0 saturated carbocycles. The van der Waals surface area contributed by atoms with Crippen LogP contribution in [0.25, 0.3) is 16.4 Å². The van der Waals surface area contributed by atoms with Gasteiger partial charge in [0.1, 0.15) is 0 Å². The molecule has 0 atom stereocenters. The van der Waals surface area contributed by atoms with Crippen LogP contribution >= 0.6 is 11.3 Å². The standard InChI is InChI=1S/C15H13N3O2S/c1-10-6-7-11(2)17(10)15-16-14(9-21-15)12-4-3-5-13(8-12)18(19)20/h3-9H,1-2H3. The summed E-state index contributed by atoms with van der Waals surface area (Å²) in [6.07, 6.45) is 0. The molecular weight excluding hydrogens is 286 g/mol. The summed E-state index contributed by atoms with van der Waals surface area (Å²) < 4.78 is 2.07. The van der Waals surface area contributed by atoms with Crippen LogP contribution in [-0.2, 0) is 0 Å². The number of aryl methyl sites for hydroxylation is 2. The second kappa shape index (κ2) is 5.14. The number of hydrogen-bond donors (Lipinski definition) is 0. The summed E-state index contributed by atoms with van der Waals surface area (Å²) in [5, 5.41) is 13.6. The Balaban J connectivity index is 2.03. The van der Waals surface area contributed by atoms with Crippen molar-refractivity contribution < 1.29 is 4.92 Å². The molecule has 0 unspecified atom stereocenters. The van der Waals surface area contributed by atoms with Gasteiger partial charge in [0.15, 0.2) is 5.13 Å². The number of hydrogen-bond acceptors (Lipinski definition) is 4. The van der Waals surface area contributed by atoms with Crippen LogP contribution in [0.2, 0.25) is 0 Å². The molecule has 0 bridgehead atoms. The van der Waals surface area contributed by atoms with E-state index < -0.39 is 4.92 Å². The first-order chi connectivity index (χ1) is 10.1. The fraction of sp³-hybridized carbons (Fsp3) is 0.133. The zero-order chi connectivity index (χ0) is 15.0. The van der Waals surface area contributed by atoms with Crippen LogP contribution in [0.1, 0.15) is 11.4 Å². The quantitative estimate of drug-likeness (QED) is 0.539. The van der Waals surface area contributed by atoms with E-state index in [9.17, 15) is 10.1 Å². The fourth-order valence-corrected chi connectivity index (χ4v) is 3.20. The van der Waals surface area contributed by atoms with E-state index in [0.29, 0.717) is 0 Å². The van der Waals surface area contributed by atoms with Gasteiger partial charge < -0.3 is 0 Å². The van der Waals surface area contributed by atoms with Gasteiger partial charge in [0.2, 0.25) is 0 Å². The third-order valence-corrected chi connectivity index (χ3v) is 4.13. The molecule has 0 amide bonds. The van der Waals surface area contributed by atoms with Crippen molar-refractivity contribution in [1.29, 1.82) is 0 Å². The van der Waals surface area contributed by atoms with E-state index in [4.69, 9.17) is 0 Å². The van der Waals surface area contributed by atoms with Crippen molar-refractivity contribution in [3.8, 4) is 16.4 Å². The van der Waals surface area contributed by atoms with Crippen LogP contribution in [0.5, 0.6) is 0 Å². The van der Waals surface area contributed by atoms with E-state index in [0.717, 1.165) is 27.8 Å². The van der Waals surface area contributed by atoms with Gasteiger partial charge in [0.05, 0.1) is 10.6 Å². The molecule has 5 nitrogen and oxygen atoms in total. The maximum absolute atomic E-state index is 10.8. The van der Waals surface area contributed by atoms with E-state index in [-0.39, 0.29) is 5.69 Å². The molecule has 1 aromatic carbocycles. The first kappa shape index (κ1) is 13.5. The molecule has 0 saturated heterocycles. The minimum Gasteiger partial charge on any atom is -0.295 e. The monoisotopic (exact) mass is 299 g/mol. The number of nitro benzene ring substituents is 1. The molecule has 0 radical (unpaired) electrons. The van der Waals surface area contributed by atoms with Crippen molar-refractivity contribution in [1.82, 2.24) is 9.55 Å². The summed E-state index contributed by atoms with van der Waals surface area (Å²) in [6.45, 7) is 4.06. The Morgan fingerprint density at radius 3 is 2.57 bits per heavy atom. The highest BCUT2D eigenvalue weighted by Crippen LogP contribution is 2.28. The number of nitro groups is 1. The summed E-state index contributed by atoms with van der Waals surface area (Å²) in [6, 6.07) is 10.6. The van der Waals surface area contributed by atoms with Gasteiger partial charge in [0, 0.05) is 34.5 Å². The molecule has 6 heteroatoms. The van der Waals surface area contributed by atoms with Crippen LogP contribution in [0.3, 0.4) is 0 Å². The molecule has 3 aromatic rings. The van der Waals surface area contributed by atoms with Gasteiger partial charge >= 0.3 is 0 Å². The van der Waals surface area contributed by atoms with Crippen molar-refractivity contribution in [3.05, 3.63) is 63.3 Å². The van der Waals surface area contributed by atoms with Crippen molar-refractivity contribution in [2.24, 2.45) is 0 Å². The Hall–Kier alpha value is -2.47. The largest absolute Gasteiger partial charge is 0.295 e. The number of thiazole rings is 1. The Morgan fingerprint density at radius 1 is 1.19 bits per heavy atom. The van der Waals surface area contributed by atoms with E-state index in [1.165, 1.54) is 17.4 Å². The highest BCUT2D eigenvalue weighted by Gasteiger charge is 2.12. The molecule has 0 fully saturated rings. The summed E-state index contributed by atoms with van der Waals surface area (Å²) >= 11 is 1.53. The molecule has 106 valence electrons. The van der Waals surface area contributed by atoms with Gasteiger partial charge in [-0.15, -0.1) is 11.3 Å². The minimum atomic E-state index is -0.392. The van der Waals surface area contributed by atoms with E-state index in [1.807, 2.05) is 37.4 Å². The van der Waals surface area contributed by atoms with Crippen LogP contribution < -0.4 is 0 Å². The third kappa shape index (κ3) is 2.45. The zero-order valence-corrected chi connectivity index (χ0v) is 12.4. The Morgan fingerprint density at radius 2 is 1.90 bits per heavy atom. The smallest absolute Gasteiger partial charge is 0.270 e. The van der Waals surface area contributed by atoms with E-state index in [2.05, 4.69) is 9.55 Å². The van der Waals surface area contributed by atoms with Crippen molar-refractivity contribution in [2.75, 3.05) is 0 Å². The molecule has 0 aliphatic carbocycles. The third-order valence-electron chi connectivity index (χ3n) is 3.31. The van der Waals surface area contributed by atoms with E-state index in [1.54, 1.807) is 12.1 Å². The molecule has 2 aromatic heterocycles. The van der Waals surface area contributed by atoms with Gasteiger partial charge in [-0.05, 0) is 26.0 Å². The lowest BCUT2D eigenvalue weighted by molar-refractivity contribution is -0.384. The topological polar surface area (TPSA) is 61.0 Å². The summed E-state index contributed by atoms with van der Waals surface area (Å²) in [4.78, 5) is 15.1. The molecule has 21 heavy (non-hydrogen) atoms. The van der Waals surface area contributed by atoms with Crippen LogP contribution in [0, 0.1) is 24.0 Å². The van der Waals surface area contributed by atoms with E-state index >= 15 is 0 Å². The van der Waals surface area contributed by atoms with Gasteiger partial charge in [0.25, 0.3) is 5.69 Å². The molecule has 0 aliphatic heterocycles. The van der Waals surface area contributed by atoms with Gasteiger partial charge in [-0.3, -0.25) is 14.7 Å². The van der Waals surface area contributed by atoms with Crippen molar-refractivity contribution in [3.63, 3.8) is 0 Å². The molecular formula is C15H13N3O2S. The predicted octanol–water partition coefficient (Wildman–Crippen LogP) is 4.13.